The van der Waals surface area contributed by atoms with Crippen LogP contribution in [-0.4, -0.2) is 0 Å². The van der Waals surface area contributed by atoms with E-state index in [0.717, 1.165) is 17.0 Å². The molecule has 20 heavy (non-hydrogen) atoms. The Hall–Kier alpha value is -1.66. The summed E-state index contributed by atoms with van der Waals surface area (Å²) in [5, 5.41) is 9.09. The van der Waals surface area contributed by atoms with Crippen molar-refractivity contribution in [3.05, 3.63) is 68.9 Å². The molecule has 1 aliphatic rings. The van der Waals surface area contributed by atoms with E-state index < -0.39 is 5.82 Å². The molecule has 2 aromatic carbocycles. The van der Waals surface area contributed by atoms with Crippen LogP contribution in [0.4, 0.5) is 4.39 Å². The van der Waals surface area contributed by atoms with E-state index in [2.05, 4.69) is 40.2 Å². The molecular weight excluding hydrogens is 317 g/mol. The van der Waals surface area contributed by atoms with Gasteiger partial charge in [-0.2, -0.15) is 5.26 Å². The van der Waals surface area contributed by atoms with Crippen LogP contribution < -0.4 is 0 Å². The first-order valence-corrected chi connectivity index (χ1v) is 7.43. The molecule has 1 saturated carbocycles. The number of nitriles is 1. The topological polar surface area (TPSA) is 23.8 Å². The van der Waals surface area contributed by atoms with Crippen LogP contribution in [0.15, 0.2) is 40.9 Å². The van der Waals surface area contributed by atoms with Crippen molar-refractivity contribution in [2.45, 2.75) is 25.2 Å². The van der Waals surface area contributed by atoms with Crippen molar-refractivity contribution in [3.63, 3.8) is 0 Å². The van der Waals surface area contributed by atoms with Crippen molar-refractivity contribution < 1.29 is 4.39 Å². The van der Waals surface area contributed by atoms with E-state index in [1.54, 1.807) is 0 Å². The van der Waals surface area contributed by atoms with Crippen molar-refractivity contribution >= 4 is 15.9 Å². The molecule has 3 heteroatoms. The number of halogens is 2. The molecule has 0 radical (unpaired) electrons. The molecule has 1 aliphatic carbocycles. The van der Waals surface area contributed by atoms with Crippen LogP contribution in [0.1, 0.15) is 41.0 Å². The largest absolute Gasteiger partial charge is 0.205 e. The summed E-state index contributed by atoms with van der Waals surface area (Å²) in [4.78, 5) is 0. The zero-order valence-corrected chi connectivity index (χ0v) is 12.5. The predicted molar refractivity (Wildman–Crippen MR) is 80.0 cm³/mol. The number of hydrogen-bond donors (Lipinski definition) is 0. The van der Waals surface area contributed by atoms with Crippen LogP contribution in [0.5, 0.6) is 0 Å². The van der Waals surface area contributed by atoms with E-state index in [4.69, 9.17) is 5.26 Å². The van der Waals surface area contributed by atoms with Crippen LogP contribution in [0.2, 0.25) is 0 Å². The zero-order chi connectivity index (χ0) is 14.1. The minimum atomic E-state index is -0.466. The SMILES string of the molecule is N#Cc1c(F)cc(Br)cc1Cc1ccc(C2CC2)cc1. The molecule has 0 N–H and O–H groups in total. The molecule has 0 spiro atoms. The zero-order valence-electron chi connectivity index (χ0n) is 10.9. The summed E-state index contributed by atoms with van der Waals surface area (Å²) in [6, 6.07) is 13.5. The normalized spacial score (nSPS) is 14.1. The molecule has 1 fully saturated rings. The molecular formula is C17H13BrFN. The fraction of sp³-hybridized carbons (Fsp3) is 0.235. The van der Waals surface area contributed by atoms with Crippen molar-refractivity contribution in [2.24, 2.45) is 0 Å². The number of nitrogens with zero attached hydrogens (tertiary/aromatic N) is 1. The fourth-order valence-electron chi connectivity index (χ4n) is 2.44. The van der Waals surface area contributed by atoms with E-state index >= 15 is 0 Å². The number of rotatable bonds is 3. The van der Waals surface area contributed by atoms with Gasteiger partial charge in [0.1, 0.15) is 11.9 Å². The number of hydrogen-bond acceptors (Lipinski definition) is 1. The maximum absolute atomic E-state index is 13.7. The highest BCUT2D eigenvalue weighted by Crippen LogP contribution is 2.40. The minimum Gasteiger partial charge on any atom is -0.205 e. The second kappa shape index (κ2) is 5.38. The van der Waals surface area contributed by atoms with Crippen molar-refractivity contribution in [2.75, 3.05) is 0 Å². The summed E-state index contributed by atoms with van der Waals surface area (Å²) in [5.41, 5.74) is 3.34. The average Bonchev–Trinajstić information content (AvgIpc) is 3.23. The van der Waals surface area contributed by atoms with Gasteiger partial charge in [0, 0.05) is 4.47 Å². The van der Waals surface area contributed by atoms with Gasteiger partial charge in [0.15, 0.2) is 0 Å². The Morgan fingerprint density at radius 3 is 2.50 bits per heavy atom. The van der Waals surface area contributed by atoms with Crippen LogP contribution in [0, 0.1) is 17.1 Å². The van der Waals surface area contributed by atoms with E-state index in [1.807, 2.05) is 12.1 Å². The van der Waals surface area contributed by atoms with Gasteiger partial charge in [-0.05, 0) is 54.0 Å². The molecule has 0 atom stereocenters. The summed E-state index contributed by atoms with van der Waals surface area (Å²) in [6.45, 7) is 0. The van der Waals surface area contributed by atoms with Crippen LogP contribution in [-0.2, 0) is 6.42 Å². The summed E-state index contributed by atoms with van der Waals surface area (Å²) in [7, 11) is 0. The Morgan fingerprint density at radius 1 is 1.20 bits per heavy atom. The summed E-state index contributed by atoms with van der Waals surface area (Å²) in [5.74, 6) is 0.272. The maximum atomic E-state index is 13.7. The van der Waals surface area contributed by atoms with Gasteiger partial charge in [0.2, 0.25) is 0 Å². The lowest BCUT2D eigenvalue weighted by Gasteiger charge is -2.07. The Labute approximate surface area is 126 Å². The second-order valence-corrected chi connectivity index (χ2v) is 6.14. The molecule has 2 aromatic rings. The van der Waals surface area contributed by atoms with Crippen molar-refractivity contribution in [1.82, 2.24) is 0 Å². The molecule has 1 nitrogen and oxygen atoms in total. The predicted octanol–water partition coefficient (Wildman–Crippen LogP) is 4.93. The first-order valence-electron chi connectivity index (χ1n) is 6.64. The summed E-state index contributed by atoms with van der Waals surface area (Å²) < 4.78 is 14.4. The molecule has 0 heterocycles. The Morgan fingerprint density at radius 2 is 1.90 bits per heavy atom. The number of benzene rings is 2. The van der Waals surface area contributed by atoms with E-state index in [0.29, 0.717) is 10.9 Å². The molecule has 0 bridgehead atoms. The molecule has 0 aromatic heterocycles. The lowest BCUT2D eigenvalue weighted by Crippen LogP contribution is -1.96. The molecule has 3 rings (SSSR count). The first kappa shape index (κ1) is 13.3. The van der Waals surface area contributed by atoms with Gasteiger partial charge in [0.05, 0.1) is 5.56 Å². The van der Waals surface area contributed by atoms with Crippen molar-refractivity contribution in [3.8, 4) is 6.07 Å². The van der Waals surface area contributed by atoms with Crippen LogP contribution in [0.25, 0.3) is 0 Å². The van der Waals surface area contributed by atoms with Gasteiger partial charge in [0.25, 0.3) is 0 Å². The minimum absolute atomic E-state index is 0.138. The fourth-order valence-corrected chi connectivity index (χ4v) is 2.91. The Kier molecular flexibility index (Phi) is 3.58. The third-order valence-corrected chi connectivity index (χ3v) is 4.13. The molecule has 0 aliphatic heterocycles. The lowest BCUT2D eigenvalue weighted by atomic mass is 9.98. The summed E-state index contributed by atoms with van der Waals surface area (Å²) in [6.07, 6.45) is 3.15. The van der Waals surface area contributed by atoms with Gasteiger partial charge < -0.3 is 0 Å². The van der Waals surface area contributed by atoms with Gasteiger partial charge >= 0.3 is 0 Å². The highest BCUT2D eigenvalue weighted by Gasteiger charge is 2.23. The van der Waals surface area contributed by atoms with Crippen LogP contribution in [0.3, 0.4) is 0 Å². The molecule has 0 amide bonds. The third kappa shape index (κ3) is 2.76. The van der Waals surface area contributed by atoms with E-state index in [1.165, 1.54) is 24.5 Å². The second-order valence-electron chi connectivity index (χ2n) is 5.23. The van der Waals surface area contributed by atoms with Gasteiger partial charge in [-0.25, -0.2) is 4.39 Å². The Balaban J connectivity index is 1.88. The summed E-state index contributed by atoms with van der Waals surface area (Å²) >= 11 is 3.28. The monoisotopic (exact) mass is 329 g/mol. The highest BCUT2D eigenvalue weighted by molar-refractivity contribution is 9.10. The maximum Gasteiger partial charge on any atom is 0.142 e. The standard InChI is InChI=1S/C17H13BrFN/c18-15-8-14(16(10-20)17(19)9-15)7-11-1-3-12(4-2-11)13-5-6-13/h1-4,8-9,13H,5-7H2. The molecule has 0 saturated heterocycles. The lowest BCUT2D eigenvalue weighted by molar-refractivity contribution is 0.621. The van der Waals surface area contributed by atoms with Gasteiger partial charge in [-0.3, -0.25) is 0 Å². The Bertz CT molecular complexity index is 681. The van der Waals surface area contributed by atoms with Gasteiger partial charge in [-0.1, -0.05) is 40.2 Å². The van der Waals surface area contributed by atoms with E-state index in [-0.39, 0.29) is 5.56 Å². The van der Waals surface area contributed by atoms with Gasteiger partial charge in [-0.15, -0.1) is 0 Å². The average molecular weight is 330 g/mol. The van der Waals surface area contributed by atoms with Crippen LogP contribution >= 0.6 is 15.9 Å². The smallest absolute Gasteiger partial charge is 0.142 e. The first-order chi connectivity index (χ1) is 9.67. The molecule has 100 valence electrons. The quantitative estimate of drug-likeness (QED) is 0.783. The highest BCUT2D eigenvalue weighted by atomic mass is 79.9. The molecule has 0 unspecified atom stereocenters. The van der Waals surface area contributed by atoms with E-state index in [9.17, 15) is 4.39 Å². The third-order valence-electron chi connectivity index (χ3n) is 3.67. The van der Waals surface area contributed by atoms with Crippen molar-refractivity contribution in [1.29, 1.82) is 5.26 Å².